The Hall–Kier alpha value is -3.16. The van der Waals surface area contributed by atoms with Crippen molar-refractivity contribution in [3.8, 4) is 11.7 Å². The van der Waals surface area contributed by atoms with Gasteiger partial charge in [-0.15, -0.1) is 5.10 Å². The summed E-state index contributed by atoms with van der Waals surface area (Å²) < 4.78 is 45.3. The molecule has 0 saturated heterocycles. The highest BCUT2D eigenvalue weighted by molar-refractivity contribution is 6.32. The molecular weight excluding hydrogens is 481 g/mol. The zero-order valence-corrected chi connectivity index (χ0v) is 19.8. The van der Waals surface area contributed by atoms with E-state index in [0.717, 1.165) is 13.8 Å². The summed E-state index contributed by atoms with van der Waals surface area (Å²) in [6.45, 7) is 4.88. The van der Waals surface area contributed by atoms with Gasteiger partial charge in [0, 0.05) is 19.3 Å². The molecule has 2 heterocycles. The van der Waals surface area contributed by atoms with Gasteiger partial charge in [-0.2, -0.15) is 13.2 Å². The number of hydrazine groups is 1. The molecule has 0 fully saturated rings. The van der Waals surface area contributed by atoms with E-state index in [0.29, 0.717) is 11.5 Å². The number of hydrogen-bond donors (Lipinski definition) is 2. The maximum atomic E-state index is 13.0. The van der Waals surface area contributed by atoms with Crippen LogP contribution in [-0.4, -0.2) is 46.2 Å². The third-order valence-electron chi connectivity index (χ3n) is 4.52. The lowest BCUT2D eigenvalue weighted by molar-refractivity contribution is -0.309. The van der Waals surface area contributed by atoms with Gasteiger partial charge in [-0.25, -0.2) is 9.67 Å². The highest BCUT2D eigenvalue weighted by Gasteiger charge is 2.48. The Balaban J connectivity index is 1.97. The first-order chi connectivity index (χ1) is 15.9. The average molecular weight is 505 g/mol. The number of aromatic nitrogens is 3. The summed E-state index contributed by atoms with van der Waals surface area (Å²) in [5.74, 6) is -0.138. The fourth-order valence-corrected chi connectivity index (χ4v) is 2.43. The molecule has 0 aliphatic rings. The van der Waals surface area contributed by atoms with E-state index in [2.05, 4.69) is 26.1 Å². The lowest BCUT2D eigenvalue weighted by Crippen LogP contribution is -2.37. The van der Waals surface area contributed by atoms with E-state index in [1.165, 1.54) is 29.1 Å². The molecule has 0 aliphatic heterocycles. The van der Waals surface area contributed by atoms with Crippen LogP contribution in [0.25, 0.3) is 5.82 Å². The zero-order valence-electron chi connectivity index (χ0n) is 19.0. The summed E-state index contributed by atoms with van der Waals surface area (Å²) in [7, 11) is 1.59. The van der Waals surface area contributed by atoms with E-state index >= 15 is 0 Å². The maximum Gasteiger partial charge on any atom is 0.397 e. The number of nitrogens with one attached hydrogen (secondary N) is 2. The first-order valence-corrected chi connectivity index (χ1v) is 10.2. The molecule has 0 aliphatic carbocycles. The Bertz CT molecular complexity index is 1070. The molecule has 0 saturated carbocycles. The Morgan fingerprint density at radius 2 is 2.00 bits per heavy atom. The van der Waals surface area contributed by atoms with Crippen LogP contribution in [0.4, 0.5) is 13.2 Å². The molecule has 0 atom stereocenters. The van der Waals surface area contributed by atoms with E-state index in [9.17, 15) is 18.0 Å². The van der Waals surface area contributed by atoms with Crippen molar-refractivity contribution in [2.24, 2.45) is 10.4 Å². The molecule has 1 amide bonds. The molecule has 186 valence electrons. The van der Waals surface area contributed by atoms with Gasteiger partial charge in [0.15, 0.2) is 11.6 Å². The number of carbonyl (C=O) groups is 1. The fourth-order valence-electron chi connectivity index (χ4n) is 2.20. The van der Waals surface area contributed by atoms with Gasteiger partial charge in [0.05, 0.1) is 16.7 Å². The molecule has 2 rings (SSSR count). The highest BCUT2D eigenvalue weighted by atomic mass is 35.5. The van der Waals surface area contributed by atoms with Gasteiger partial charge in [0.25, 0.3) is 5.91 Å². The predicted molar refractivity (Wildman–Crippen MR) is 117 cm³/mol. The molecule has 10 nitrogen and oxygen atoms in total. The van der Waals surface area contributed by atoms with Gasteiger partial charge in [-0.05, 0) is 45.9 Å². The van der Waals surface area contributed by atoms with Crippen LogP contribution in [0.3, 0.4) is 0 Å². The second-order valence-electron chi connectivity index (χ2n) is 7.46. The van der Waals surface area contributed by atoms with Crippen molar-refractivity contribution in [2.75, 3.05) is 13.7 Å². The number of aliphatic imine (C=N–C) groups is 1. The number of hydrogen-bond acceptors (Lipinski definition) is 8. The van der Waals surface area contributed by atoms with Crippen molar-refractivity contribution in [3.63, 3.8) is 0 Å². The number of alkyl halides is 3. The lowest BCUT2D eigenvalue weighted by Gasteiger charge is -2.26. The van der Waals surface area contributed by atoms with Crippen molar-refractivity contribution in [2.45, 2.75) is 33.9 Å². The summed E-state index contributed by atoms with van der Waals surface area (Å²) in [5, 5.41) is 3.87. The summed E-state index contributed by atoms with van der Waals surface area (Å²) >= 11 is 6.10. The number of halogens is 4. The molecule has 0 bridgehead atoms. The van der Waals surface area contributed by atoms with E-state index in [1.807, 2.05) is 0 Å². The first kappa shape index (κ1) is 27.1. The first-order valence-electron chi connectivity index (χ1n) is 9.80. The van der Waals surface area contributed by atoms with E-state index in [-0.39, 0.29) is 22.4 Å². The number of nitrogens with zero attached hydrogens (tertiary/aromatic N) is 4. The number of ether oxygens (including phenoxy) is 1. The Morgan fingerprint density at radius 1 is 1.29 bits per heavy atom. The van der Waals surface area contributed by atoms with E-state index < -0.39 is 24.1 Å². The van der Waals surface area contributed by atoms with Crippen LogP contribution in [0.15, 0.2) is 41.2 Å². The molecule has 14 heteroatoms. The molecule has 2 aromatic heterocycles. The minimum atomic E-state index is -4.43. The van der Waals surface area contributed by atoms with Gasteiger partial charge < -0.3 is 9.62 Å². The Morgan fingerprint density at radius 3 is 2.59 bits per heavy atom. The zero-order chi connectivity index (χ0) is 25.5. The normalized spacial score (nSPS) is 13.1. The standard InChI is InChI=1S/C20H24ClF3N6O4/c1-6-14(12(2)25-5)33-34-29-27-18(31)13-7-8-15(26-17(13)21)30-10-9-16(28-30)32-11-19(3,4)20(22,23)24/h6-10,29H,11H2,1-5H3,(H,27,31)/b14-6+,25-12?. The highest BCUT2D eigenvalue weighted by Crippen LogP contribution is 2.37. The predicted octanol–water partition coefficient (Wildman–Crippen LogP) is 3.98. The maximum absolute atomic E-state index is 13.0. The minimum Gasteiger partial charge on any atom is -0.476 e. The van der Waals surface area contributed by atoms with Crippen molar-refractivity contribution >= 4 is 23.2 Å². The molecule has 34 heavy (non-hydrogen) atoms. The van der Waals surface area contributed by atoms with Crippen molar-refractivity contribution in [1.29, 1.82) is 0 Å². The second kappa shape index (κ2) is 11.3. The monoisotopic (exact) mass is 504 g/mol. The van der Waals surface area contributed by atoms with Gasteiger partial charge in [0.1, 0.15) is 11.8 Å². The van der Waals surface area contributed by atoms with Gasteiger partial charge >= 0.3 is 6.18 Å². The molecule has 0 radical (unpaired) electrons. The van der Waals surface area contributed by atoms with Gasteiger partial charge in [0.2, 0.25) is 5.88 Å². The largest absolute Gasteiger partial charge is 0.476 e. The number of allylic oxidation sites excluding steroid dienone is 2. The number of carbonyl (C=O) groups excluding carboxylic acids is 1. The second-order valence-corrected chi connectivity index (χ2v) is 7.82. The summed E-state index contributed by atoms with van der Waals surface area (Å²) in [6, 6.07) is 4.20. The Labute approximate surface area is 198 Å². The van der Waals surface area contributed by atoms with Crippen LogP contribution in [0.2, 0.25) is 5.15 Å². The summed E-state index contributed by atoms with van der Waals surface area (Å²) in [5.41, 5.74) is 2.88. The Kier molecular flexibility index (Phi) is 9.01. The van der Waals surface area contributed by atoms with Crippen LogP contribution < -0.4 is 15.8 Å². The quantitative estimate of drug-likeness (QED) is 0.126. The molecule has 2 aromatic rings. The number of pyridine rings is 1. The van der Waals surface area contributed by atoms with Crippen LogP contribution in [-0.2, 0) is 9.88 Å². The number of amides is 1. The van der Waals surface area contributed by atoms with Crippen molar-refractivity contribution in [3.05, 3.63) is 46.9 Å². The molecular formula is C20H24ClF3N6O4. The van der Waals surface area contributed by atoms with Crippen LogP contribution in [0, 0.1) is 5.41 Å². The minimum absolute atomic E-state index is 0.00892. The third kappa shape index (κ3) is 6.92. The smallest absolute Gasteiger partial charge is 0.397 e. The van der Waals surface area contributed by atoms with Crippen molar-refractivity contribution < 1.29 is 32.6 Å². The summed E-state index contributed by atoms with van der Waals surface area (Å²) in [6.07, 6.45) is -1.37. The molecule has 0 unspecified atom stereocenters. The van der Waals surface area contributed by atoms with E-state index in [1.54, 1.807) is 27.0 Å². The van der Waals surface area contributed by atoms with Gasteiger partial charge in [-0.1, -0.05) is 22.2 Å². The third-order valence-corrected chi connectivity index (χ3v) is 4.81. The van der Waals surface area contributed by atoms with Crippen LogP contribution in [0.5, 0.6) is 5.88 Å². The topological polar surface area (TPSA) is 112 Å². The molecule has 2 N–H and O–H groups in total. The summed E-state index contributed by atoms with van der Waals surface area (Å²) in [4.78, 5) is 30.0. The number of rotatable bonds is 10. The van der Waals surface area contributed by atoms with Crippen molar-refractivity contribution in [1.82, 2.24) is 25.8 Å². The molecule has 0 spiro atoms. The SMILES string of the molecule is C/C=C(/OONNC(=O)c1ccc(-n2ccc(OCC(C)(C)C(F)(F)F)n2)nc1Cl)C(C)=NC. The molecule has 0 aromatic carbocycles. The van der Waals surface area contributed by atoms with Crippen LogP contribution in [0.1, 0.15) is 38.1 Å². The average Bonchev–Trinajstić information content (AvgIpc) is 3.25. The van der Waals surface area contributed by atoms with E-state index in [4.69, 9.17) is 26.2 Å². The fraction of sp³-hybridized carbons (Fsp3) is 0.400. The lowest BCUT2D eigenvalue weighted by atomic mass is 9.94. The van der Waals surface area contributed by atoms with Crippen LogP contribution >= 0.6 is 11.6 Å². The van der Waals surface area contributed by atoms with Gasteiger partial charge in [-0.3, -0.25) is 15.2 Å².